The molecule has 0 radical (unpaired) electrons. The second-order valence-corrected chi connectivity index (χ2v) is 4.39. The minimum absolute atomic E-state index is 0.348. The minimum Gasteiger partial charge on any atom is -0.380 e. The van der Waals surface area contributed by atoms with Gasteiger partial charge in [-0.1, -0.05) is 13.8 Å². The molecule has 0 spiro atoms. The standard InChI is InChI=1S/C10H18N2OS/c1-4-13-7-9(8(2)3)12-10-11-5-6-14-10/h5-6,8-9H,4,7H2,1-3H3,(H,11,12). The molecule has 0 aliphatic carbocycles. The molecule has 0 amide bonds. The second-order valence-electron chi connectivity index (χ2n) is 3.49. The number of rotatable bonds is 6. The maximum atomic E-state index is 5.42. The summed E-state index contributed by atoms with van der Waals surface area (Å²) in [5.74, 6) is 0.547. The van der Waals surface area contributed by atoms with Gasteiger partial charge < -0.3 is 10.1 Å². The molecule has 0 saturated carbocycles. The molecule has 1 aromatic rings. The molecule has 1 N–H and O–H groups in total. The normalized spacial score (nSPS) is 13.1. The number of aromatic nitrogens is 1. The highest BCUT2D eigenvalue weighted by atomic mass is 32.1. The molecule has 0 fully saturated rings. The van der Waals surface area contributed by atoms with E-state index in [1.54, 1.807) is 11.3 Å². The monoisotopic (exact) mass is 214 g/mol. The Hall–Kier alpha value is -0.610. The zero-order valence-electron chi connectivity index (χ0n) is 8.99. The molecule has 14 heavy (non-hydrogen) atoms. The van der Waals surface area contributed by atoms with Crippen molar-refractivity contribution < 1.29 is 4.74 Å². The highest BCUT2D eigenvalue weighted by molar-refractivity contribution is 7.13. The number of ether oxygens (including phenoxy) is 1. The van der Waals surface area contributed by atoms with Crippen LogP contribution >= 0.6 is 11.3 Å². The van der Waals surface area contributed by atoms with Gasteiger partial charge in [-0.2, -0.15) is 0 Å². The van der Waals surface area contributed by atoms with Crippen LogP contribution in [0.5, 0.6) is 0 Å². The third-order valence-electron chi connectivity index (χ3n) is 2.05. The predicted molar refractivity (Wildman–Crippen MR) is 60.9 cm³/mol. The number of hydrogen-bond donors (Lipinski definition) is 1. The van der Waals surface area contributed by atoms with Gasteiger partial charge >= 0.3 is 0 Å². The van der Waals surface area contributed by atoms with Crippen molar-refractivity contribution in [3.05, 3.63) is 11.6 Å². The van der Waals surface area contributed by atoms with Crippen LogP contribution in [0.15, 0.2) is 11.6 Å². The zero-order valence-corrected chi connectivity index (χ0v) is 9.80. The van der Waals surface area contributed by atoms with E-state index in [0.29, 0.717) is 12.0 Å². The lowest BCUT2D eigenvalue weighted by atomic mass is 10.1. The molecule has 0 aromatic carbocycles. The van der Waals surface area contributed by atoms with Gasteiger partial charge in [0.1, 0.15) is 0 Å². The van der Waals surface area contributed by atoms with E-state index < -0.39 is 0 Å². The number of nitrogens with zero attached hydrogens (tertiary/aromatic N) is 1. The third kappa shape index (κ3) is 3.64. The largest absolute Gasteiger partial charge is 0.380 e. The van der Waals surface area contributed by atoms with Crippen LogP contribution < -0.4 is 5.32 Å². The number of thiazole rings is 1. The van der Waals surface area contributed by atoms with Crippen molar-refractivity contribution in [1.29, 1.82) is 0 Å². The molecule has 3 nitrogen and oxygen atoms in total. The van der Waals surface area contributed by atoms with Gasteiger partial charge in [-0.05, 0) is 12.8 Å². The van der Waals surface area contributed by atoms with E-state index in [1.165, 1.54) is 0 Å². The molecule has 1 aromatic heterocycles. The Morgan fingerprint density at radius 1 is 1.57 bits per heavy atom. The Bertz CT molecular complexity index is 236. The van der Waals surface area contributed by atoms with E-state index in [0.717, 1.165) is 18.3 Å². The molecule has 1 atom stereocenters. The topological polar surface area (TPSA) is 34.1 Å². The first kappa shape index (κ1) is 11.5. The minimum atomic E-state index is 0.348. The van der Waals surface area contributed by atoms with E-state index in [4.69, 9.17) is 4.74 Å². The highest BCUT2D eigenvalue weighted by Crippen LogP contribution is 2.15. The van der Waals surface area contributed by atoms with Crippen LogP contribution in [0.3, 0.4) is 0 Å². The lowest BCUT2D eigenvalue weighted by molar-refractivity contribution is 0.127. The molecular formula is C10H18N2OS. The Morgan fingerprint density at radius 2 is 2.36 bits per heavy atom. The highest BCUT2D eigenvalue weighted by Gasteiger charge is 2.13. The van der Waals surface area contributed by atoms with Crippen molar-refractivity contribution in [2.24, 2.45) is 5.92 Å². The van der Waals surface area contributed by atoms with E-state index in [1.807, 2.05) is 18.5 Å². The van der Waals surface area contributed by atoms with Crippen LogP contribution in [-0.4, -0.2) is 24.2 Å². The summed E-state index contributed by atoms with van der Waals surface area (Å²) >= 11 is 1.62. The van der Waals surface area contributed by atoms with Gasteiger partial charge in [0.15, 0.2) is 5.13 Å². The third-order valence-corrected chi connectivity index (χ3v) is 2.75. The number of anilines is 1. The van der Waals surface area contributed by atoms with E-state index >= 15 is 0 Å². The van der Waals surface area contributed by atoms with Gasteiger partial charge in [-0.15, -0.1) is 11.3 Å². The Labute approximate surface area is 89.5 Å². The molecule has 1 rings (SSSR count). The predicted octanol–water partition coefficient (Wildman–Crippen LogP) is 2.62. The maximum absolute atomic E-state index is 5.42. The summed E-state index contributed by atoms with van der Waals surface area (Å²) in [4.78, 5) is 4.20. The van der Waals surface area contributed by atoms with Gasteiger partial charge in [0, 0.05) is 18.2 Å². The number of nitrogens with one attached hydrogen (secondary N) is 1. The zero-order chi connectivity index (χ0) is 10.4. The van der Waals surface area contributed by atoms with Crippen molar-refractivity contribution in [2.45, 2.75) is 26.8 Å². The van der Waals surface area contributed by atoms with Gasteiger partial charge in [-0.25, -0.2) is 4.98 Å². The van der Waals surface area contributed by atoms with Crippen LogP contribution in [0.4, 0.5) is 5.13 Å². The average Bonchev–Trinajstić information content (AvgIpc) is 2.64. The molecule has 4 heteroatoms. The average molecular weight is 214 g/mol. The van der Waals surface area contributed by atoms with Crippen molar-refractivity contribution >= 4 is 16.5 Å². The molecular weight excluding hydrogens is 196 g/mol. The fourth-order valence-electron chi connectivity index (χ4n) is 1.10. The maximum Gasteiger partial charge on any atom is 0.182 e. The molecule has 1 heterocycles. The Balaban J connectivity index is 2.43. The van der Waals surface area contributed by atoms with Crippen LogP contribution in [0.25, 0.3) is 0 Å². The molecule has 0 aliphatic heterocycles. The van der Waals surface area contributed by atoms with Crippen LogP contribution in [0, 0.1) is 5.92 Å². The van der Waals surface area contributed by atoms with Gasteiger partial charge in [0.25, 0.3) is 0 Å². The quantitative estimate of drug-likeness (QED) is 0.790. The summed E-state index contributed by atoms with van der Waals surface area (Å²) < 4.78 is 5.42. The van der Waals surface area contributed by atoms with Gasteiger partial charge in [-0.3, -0.25) is 0 Å². The fourth-order valence-corrected chi connectivity index (χ4v) is 1.69. The number of hydrogen-bond acceptors (Lipinski definition) is 4. The van der Waals surface area contributed by atoms with Crippen LogP contribution in [-0.2, 0) is 4.74 Å². The summed E-state index contributed by atoms with van der Waals surface area (Å²) in [6.07, 6.45) is 1.81. The second kappa shape index (κ2) is 5.98. The molecule has 80 valence electrons. The van der Waals surface area contributed by atoms with Gasteiger partial charge in [0.05, 0.1) is 12.6 Å². The Morgan fingerprint density at radius 3 is 2.86 bits per heavy atom. The smallest absolute Gasteiger partial charge is 0.182 e. The summed E-state index contributed by atoms with van der Waals surface area (Å²) in [6.45, 7) is 7.89. The molecule has 0 bridgehead atoms. The first-order chi connectivity index (χ1) is 6.74. The summed E-state index contributed by atoms with van der Waals surface area (Å²) in [5, 5.41) is 6.32. The fraction of sp³-hybridized carbons (Fsp3) is 0.700. The SMILES string of the molecule is CCOCC(Nc1nccs1)C(C)C. The van der Waals surface area contributed by atoms with Gasteiger partial charge in [0.2, 0.25) is 0 Å². The van der Waals surface area contributed by atoms with Crippen LogP contribution in [0.1, 0.15) is 20.8 Å². The summed E-state index contributed by atoms with van der Waals surface area (Å²) in [6, 6.07) is 0.348. The van der Waals surface area contributed by atoms with Crippen molar-refractivity contribution in [3.8, 4) is 0 Å². The molecule has 0 saturated heterocycles. The Kier molecular flexibility index (Phi) is 4.90. The lowest BCUT2D eigenvalue weighted by Crippen LogP contribution is -2.30. The lowest BCUT2D eigenvalue weighted by Gasteiger charge is -2.21. The molecule has 1 unspecified atom stereocenters. The van der Waals surface area contributed by atoms with Crippen molar-refractivity contribution in [3.63, 3.8) is 0 Å². The summed E-state index contributed by atoms with van der Waals surface area (Å²) in [7, 11) is 0. The first-order valence-electron chi connectivity index (χ1n) is 4.97. The molecule has 0 aliphatic rings. The van der Waals surface area contributed by atoms with E-state index in [-0.39, 0.29) is 0 Å². The van der Waals surface area contributed by atoms with E-state index in [2.05, 4.69) is 24.1 Å². The van der Waals surface area contributed by atoms with Crippen molar-refractivity contribution in [1.82, 2.24) is 4.98 Å². The summed E-state index contributed by atoms with van der Waals surface area (Å²) in [5.41, 5.74) is 0. The van der Waals surface area contributed by atoms with Crippen LogP contribution in [0.2, 0.25) is 0 Å². The van der Waals surface area contributed by atoms with Crippen molar-refractivity contribution in [2.75, 3.05) is 18.5 Å². The first-order valence-corrected chi connectivity index (χ1v) is 5.85. The van der Waals surface area contributed by atoms with E-state index in [9.17, 15) is 0 Å².